The lowest BCUT2D eigenvalue weighted by Crippen LogP contribution is -2.14. The van der Waals surface area contributed by atoms with Crippen LogP contribution in [0.4, 0.5) is 0 Å². The summed E-state index contributed by atoms with van der Waals surface area (Å²) < 4.78 is 41.7. The molecule has 0 fully saturated rings. The van der Waals surface area contributed by atoms with Gasteiger partial charge in [0.2, 0.25) is 0 Å². The number of phenolic OH excluding ortho intramolecular Hbond substituents is 1. The van der Waals surface area contributed by atoms with Gasteiger partial charge in [-0.1, -0.05) is 0 Å². The fraction of sp³-hybridized carbons (Fsp3) is 0. The molecule has 0 atom stereocenters. The molecule has 0 radical (unpaired) electrons. The molecule has 0 saturated heterocycles. The van der Waals surface area contributed by atoms with E-state index < -0.39 is 21.0 Å². The minimum Gasteiger partial charge on any atom is -0.744 e. The Balaban J connectivity index is 2.57. The van der Waals surface area contributed by atoms with Crippen molar-refractivity contribution in [2.45, 2.75) is 4.90 Å². The average molecular weight is 923 g/mol. The van der Waals surface area contributed by atoms with Crippen LogP contribution in [0.25, 0.3) is 0 Å². The van der Waals surface area contributed by atoms with E-state index in [1.54, 1.807) is 51.2 Å². The molecular formula is C13H4I5O6S-. The number of carbonyl (C=O) groups excluding carboxylic acids is 1. The lowest BCUT2D eigenvalue weighted by atomic mass is 10.2. The third-order valence-electron chi connectivity index (χ3n) is 2.78. The smallest absolute Gasteiger partial charge is 0.347 e. The summed E-state index contributed by atoms with van der Waals surface area (Å²) in [7, 11) is -4.74. The van der Waals surface area contributed by atoms with Gasteiger partial charge in [0.1, 0.15) is 21.4 Å². The van der Waals surface area contributed by atoms with E-state index in [0.29, 0.717) is 7.14 Å². The van der Waals surface area contributed by atoms with Crippen LogP contribution in [0.5, 0.6) is 11.5 Å². The predicted molar refractivity (Wildman–Crippen MR) is 131 cm³/mol. The fourth-order valence-electron chi connectivity index (χ4n) is 1.75. The lowest BCUT2D eigenvalue weighted by Gasteiger charge is -2.17. The average Bonchev–Trinajstić information content (AvgIpc) is 2.45. The SMILES string of the molecule is O=C(Oc1c(I)cc(I)c(S(=O)(=O)[O-])c1I)c1cc(I)cc(I)c1O. The Kier molecular flexibility index (Phi) is 7.89. The molecule has 0 aliphatic heterocycles. The molecule has 0 saturated carbocycles. The van der Waals surface area contributed by atoms with Crippen molar-refractivity contribution in [1.29, 1.82) is 0 Å². The Morgan fingerprint density at radius 3 is 2.16 bits per heavy atom. The molecule has 2 aromatic carbocycles. The second kappa shape index (κ2) is 8.74. The Bertz CT molecular complexity index is 989. The highest BCUT2D eigenvalue weighted by molar-refractivity contribution is 14.1. The van der Waals surface area contributed by atoms with E-state index >= 15 is 0 Å². The van der Waals surface area contributed by atoms with Crippen molar-refractivity contribution in [3.63, 3.8) is 0 Å². The predicted octanol–water partition coefficient (Wildman–Crippen LogP) is 4.54. The Morgan fingerprint density at radius 1 is 1.00 bits per heavy atom. The first kappa shape index (κ1) is 22.6. The first-order valence-corrected chi connectivity index (χ1v) is 12.8. The van der Waals surface area contributed by atoms with Gasteiger partial charge in [-0.25, -0.2) is 13.2 Å². The molecular weight excluding hydrogens is 919 g/mol. The number of hydrogen-bond donors (Lipinski definition) is 1. The topological polar surface area (TPSA) is 104 Å². The zero-order valence-corrected chi connectivity index (χ0v) is 23.1. The Hall–Kier alpha value is 1.27. The summed E-state index contributed by atoms with van der Waals surface area (Å²) in [6, 6.07) is 4.58. The van der Waals surface area contributed by atoms with Gasteiger partial charge in [0, 0.05) is 7.14 Å². The minimum absolute atomic E-state index is 0.0251. The van der Waals surface area contributed by atoms with Gasteiger partial charge in [-0.2, -0.15) is 0 Å². The quantitative estimate of drug-likeness (QED) is 0.210. The van der Waals surface area contributed by atoms with Crippen molar-refractivity contribution in [1.82, 2.24) is 0 Å². The van der Waals surface area contributed by atoms with E-state index in [1.165, 1.54) is 12.1 Å². The van der Waals surface area contributed by atoms with Crippen molar-refractivity contribution in [3.8, 4) is 11.5 Å². The summed E-state index contributed by atoms with van der Waals surface area (Å²) in [6.45, 7) is 0. The van der Waals surface area contributed by atoms with Crippen LogP contribution in [-0.4, -0.2) is 24.0 Å². The monoisotopic (exact) mass is 922 g/mol. The summed E-state index contributed by atoms with van der Waals surface area (Å²) in [5.41, 5.74) is -0.0482. The molecule has 2 aromatic rings. The molecule has 6 nitrogen and oxygen atoms in total. The number of carbonyl (C=O) groups is 1. The molecule has 0 aromatic heterocycles. The number of aromatic hydroxyl groups is 1. The molecule has 134 valence electrons. The maximum atomic E-state index is 12.5. The van der Waals surface area contributed by atoms with Crippen molar-refractivity contribution < 1.29 is 27.6 Å². The molecule has 0 spiro atoms. The Morgan fingerprint density at radius 2 is 1.60 bits per heavy atom. The molecule has 0 aliphatic carbocycles. The summed E-state index contributed by atoms with van der Waals surface area (Å²) in [5.74, 6) is -1.10. The highest BCUT2D eigenvalue weighted by Crippen LogP contribution is 2.37. The molecule has 1 N–H and O–H groups in total. The number of phenols is 1. The van der Waals surface area contributed by atoms with Gasteiger partial charge in [-0.05, 0) is 131 Å². The van der Waals surface area contributed by atoms with Gasteiger partial charge in [0.05, 0.1) is 15.6 Å². The number of halogens is 5. The first-order chi connectivity index (χ1) is 11.4. The van der Waals surface area contributed by atoms with Crippen molar-refractivity contribution >= 4 is 129 Å². The van der Waals surface area contributed by atoms with Crippen LogP contribution in [-0.2, 0) is 10.1 Å². The summed E-state index contributed by atoms with van der Waals surface area (Å²) in [5, 5.41) is 10.1. The zero-order valence-electron chi connectivity index (χ0n) is 11.5. The normalized spacial score (nSPS) is 11.4. The van der Waals surface area contributed by atoms with Crippen LogP contribution in [0.3, 0.4) is 0 Å². The second-order valence-corrected chi connectivity index (χ2v) is 11.6. The first-order valence-electron chi connectivity index (χ1n) is 5.97. The summed E-state index contributed by atoms with van der Waals surface area (Å²) >= 11 is 9.17. The van der Waals surface area contributed by atoms with Crippen LogP contribution >= 0.6 is 113 Å². The summed E-state index contributed by atoms with van der Waals surface area (Å²) in [4.78, 5) is 12.0. The van der Waals surface area contributed by atoms with Crippen molar-refractivity contribution in [3.05, 3.63) is 41.6 Å². The van der Waals surface area contributed by atoms with Crippen LogP contribution in [0.1, 0.15) is 10.4 Å². The second-order valence-electron chi connectivity index (χ2n) is 4.44. The lowest BCUT2D eigenvalue weighted by molar-refractivity contribution is 0.0728. The summed E-state index contributed by atoms with van der Waals surface area (Å²) in [6.07, 6.45) is 0. The standard InChI is InChI=1S/C13H5I5O6S/c14-4-1-5(10(19)6(15)2-4)13(20)24-11-7(16)3-8(17)12(9(11)18)25(21,22)23/h1-3,19H,(H,21,22,23)/p-1. The van der Waals surface area contributed by atoms with Gasteiger partial charge < -0.3 is 14.4 Å². The third-order valence-corrected chi connectivity index (χ3v) is 8.56. The number of ether oxygens (including phenoxy) is 1. The van der Waals surface area contributed by atoms with E-state index in [9.17, 15) is 22.9 Å². The highest BCUT2D eigenvalue weighted by atomic mass is 127. The highest BCUT2D eigenvalue weighted by Gasteiger charge is 2.24. The molecule has 25 heavy (non-hydrogen) atoms. The largest absolute Gasteiger partial charge is 0.744 e. The van der Waals surface area contributed by atoms with E-state index in [-0.39, 0.29) is 24.2 Å². The van der Waals surface area contributed by atoms with Gasteiger partial charge in [0.25, 0.3) is 0 Å². The van der Waals surface area contributed by atoms with Crippen LogP contribution in [0.2, 0.25) is 0 Å². The number of hydrogen-bond acceptors (Lipinski definition) is 6. The van der Waals surface area contributed by atoms with Crippen molar-refractivity contribution in [2.75, 3.05) is 0 Å². The number of benzene rings is 2. The van der Waals surface area contributed by atoms with Crippen LogP contribution < -0.4 is 4.74 Å². The fourth-order valence-corrected chi connectivity index (χ4v) is 9.41. The van der Waals surface area contributed by atoms with Gasteiger partial charge in [-0.3, -0.25) is 0 Å². The van der Waals surface area contributed by atoms with Gasteiger partial charge in [-0.15, -0.1) is 0 Å². The van der Waals surface area contributed by atoms with Crippen LogP contribution in [0, 0.1) is 17.9 Å². The number of rotatable bonds is 3. The molecule has 0 heterocycles. The van der Waals surface area contributed by atoms with Crippen LogP contribution in [0.15, 0.2) is 23.1 Å². The molecule has 12 heteroatoms. The molecule has 0 unspecified atom stereocenters. The number of esters is 1. The molecule has 0 amide bonds. The minimum atomic E-state index is -4.74. The van der Waals surface area contributed by atoms with Crippen molar-refractivity contribution in [2.24, 2.45) is 0 Å². The van der Waals surface area contributed by atoms with Gasteiger partial charge in [0.15, 0.2) is 5.75 Å². The van der Waals surface area contributed by atoms with E-state index in [1.807, 2.05) is 67.8 Å². The van der Waals surface area contributed by atoms with E-state index in [2.05, 4.69) is 0 Å². The van der Waals surface area contributed by atoms with E-state index in [4.69, 9.17) is 4.74 Å². The molecule has 0 bridgehead atoms. The molecule has 2 rings (SSSR count). The third kappa shape index (κ3) is 5.21. The Labute approximate surface area is 211 Å². The van der Waals surface area contributed by atoms with E-state index in [0.717, 1.165) is 3.57 Å². The maximum Gasteiger partial charge on any atom is 0.347 e. The van der Waals surface area contributed by atoms with Gasteiger partial charge >= 0.3 is 5.97 Å². The maximum absolute atomic E-state index is 12.5. The zero-order chi connectivity index (χ0) is 19.1. The molecule has 0 aliphatic rings.